The molecule has 1 aliphatic carbocycles. The molecule has 2 atom stereocenters. The third-order valence-electron chi connectivity index (χ3n) is 6.77. The minimum absolute atomic E-state index is 0. The Balaban J connectivity index is 0.0000102. The minimum atomic E-state index is -1.10. The quantitative estimate of drug-likeness (QED) is 0.117. The van der Waals surface area contributed by atoms with Gasteiger partial charge in [0, 0.05) is 11.9 Å². The number of ether oxygens (including phenoxy) is 1. The Labute approximate surface area is 226 Å². The molecule has 4 nitrogen and oxygen atoms in total. The van der Waals surface area contributed by atoms with Crippen molar-refractivity contribution in [2.45, 2.75) is 135 Å². The van der Waals surface area contributed by atoms with Crippen molar-refractivity contribution in [3.8, 4) is 0 Å². The second kappa shape index (κ2) is 23.4. The predicted molar refractivity (Wildman–Crippen MR) is 130 cm³/mol. The minimum Gasteiger partial charge on any atom is -0.550 e. The van der Waals surface area contributed by atoms with Crippen LogP contribution >= 0.6 is 0 Å². The van der Waals surface area contributed by atoms with Crippen LogP contribution in [0.3, 0.4) is 0 Å². The summed E-state index contributed by atoms with van der Waals surface area (Å²) in [6, 6.07) is 0. The van der Waals surface area contributed by atoms with Crippen LogP contribution in [-0.4, -0.2) is 18.5 Å². The summed E-state index contributed by atoms with van der Waals surface area (Å²) in [6.07, 6.45) is 28.0. The number of carbonyl (C=O) groups excluding carboxylic acids is 2. The molecule has 1 rings (SSSR count). The van der Waals surface area contributed by atoms with Gasteiger partial charge in [-0.1, -0.05) is 96.1 Å². The first-order chi connectivity index (χ1) is 15.7. The monoisotopic (exact) mass is 472 g/mol. The molecule has 33 heavy (non-hydrogen) atoms. The molecule has 1 fully saturated rings. The number of carboxylic acids is 1. The molecule has 2 unspecified atom stereocenters. The van der Waals surface area contributed by atoms with E-state index in [0.29, 0.717) is 19.4 Å². The van der Waals surface area contributed by atoms with E-state index in [9.17, 15) is 14.7 Å². The van der Waals surface area contributed by atoms with Crippen molar-refractivity contribution in [3.63, 3.8) is 0 Å². The third-order valence-corrected chi connectivity index (χ3v) is 6.77. The van der Waals surface area contributed by atoms with Crippen LogP contribution in [-0.2, 0) is 14.3 Å². The van der Waals surface area contributed by atoms with Gasteiger partial charge in [0.1, 0.15) is 0 Å². The Hall–Kier alpha value is -0.320. The van der Waals surface area contributed by atoms with Crippen LogP contribution in [0.15, 0.2) is 12.2 Å². The smallest absolute Gasteiger partial charge is 0.550 e. The van der Waals surface area contributed by atoms with Gasteiger partial charge in [-0.15, -0.1) is 0 Å². The predicted octanol–water partition coefficient (Wildman–Crippen LogP) is 3.91. The standard InChI is InChI=1S/C28H50O4.Na/c1-2-3-4-5-6-7-8-9-10-11-12-13-14-15-16-17-18-21-24-32-28(31)26-23-20-19-22-25(26)27(29)30;/h14-15,25-26H,2-13,16-24H2,1H3,(H,29,30);/q;+1/p-1/b15-14+;. The summed E-state index contributed by atoms with van der Waals surface area (Å²) in [4.78, 5) is 23.4. The van der Waals surface area contributed by atoms with Crippen LogP contribution in [0.4, 0.5) is 0 Å². The fourth-order valence-corrected chi connectivity index (χ4v) is 4.68. The van der Waals surface area contributed by atoms with Crippen molar-refractivity contribution in [3.05, 3.63) is 12.2 Å². The van der Waals surface area contributed by atoms with Gasteiger partial charge in [-0.2, -0.15) is 0 Å². The number of aliphatic carboxylic acids is 1. The van der Waals surface area contributed by atoms with Gasteiger partial charge in [-0.3, -0.25) is 4.79 Å². The van der Waals surface area contributed by atoms with E-state index in [0.717, 1.165) is 38.5 Å². The molecule has 0 spiro atoms. The number of allylic oxidation sites excluding steroid dienone is 2. The molecule has 0 aliphatic heterocycles. The summed E-state index contributed by atoms with van der Waals surface area (Å²) in [5.41, 5.74) is 0. The average molecular weight is 473 g/mol. The molecule has 0 heterocycles. The zero-order valence-electron chi connectivity index (χ0n) is 21.8. The maximum Gasteiger partial charge on any atom is 1.00 e. The van der Waals surface area contributed by atoms with Crippen LogP contribution in [0.5, 0.6) is 0 Å². The van der Waals surface area contributed by atoms with Crippen LogP contribution in [0.25, 0.3) is 0 Å². The maximum atomic E-state index is 12.2. The van der Waals surface area contributed by atoms with Crippen molar-refractivity contribution in [2.75, 3.05) is 6.61 Å². The summed E-state index contributed by atoms with van der Waals surface area (Å²) in [5.74, 6) is -2.62. The normalized spacial score (nSPS) is 18.2. The Morgan fingerprint density at radius 3 is 1.70 bits per heavy atom. The Bertz CT molecular complexity index is 506. The number of hydrogen-bond donors (Lipinski definition) is 0. The van der Waals surface area contributed by atoms with Gasteiger partial charge >= 0.3 is 35.5 Å². The van der Waals surface area contributed by atoms with Crippen molar-refractivity contribution >= 4 is 11.9 Å². The number of carboxylic acid groups (broad SMARTS) is 1. The first-order valence-electron chi connectivity index (χ1n) is 13.7. The molecule has 0 bridgehead atoms. The van der Waals surface area contributed by atoms with Gasteiger partial charge in [0.25, 0.3) is 0 Å². The molecule has 1 aliphatic rings. The fraction of sp³-hybridized carbons (Fsp3) is 0.857. The van der Waals surface area contributed by atoms with E-state index in [1.165, 1.54) is 77.0 Å². The van der Waals surface area contributed by atoms with Gasteiger partial charge in [-0.05, 0) is 51.4 Å². The number of carbonyl (C=O) groups is 2. The number of hydrogen-bond acceptors (Lipinski definition) is 4. The van der Waals surface area contributed by atoms with E-state index in [4.69, 9.17) is 4.74 Å². The fourth-order valence-electron chi connectivity index (χ4n) is 4.68. The Morgan fingerprint density at radius 2 is 1.18 bits per heavy atom. The summed E-state index contributed by atoms with van der Waals surface area (Å²) in [5, 5.41) is 11.2. The van der Waals surface area contributed by atoms with Gasteiger partial charge in [0.2, 0.25) is 0 Å². The number of unbranched alkanes of at least 4 members (excludes halogenated alkanes) is 14. The van der Waals surface area contributed by atoms with Crippen molar-refractivity contribution in [2.24, 2.45) is 11.8 Å². The summed E-state index contributed by atoms with van der Waals surface area (Å²) < 4.78 is 5.34. The van der Waals surface area contributed by atoms with Crippen molar-refractivity contribution < 1.29 is 49.0 Å². The van der Waals surface area contributed by atoms with Crippen LogP contribution < -0.4 is 34.7 Å². The topological polar surface area (TPSA) is 66.4 Å². The van der Waals surface area contributed by atoms with E-state index in [2.05, 4.69) is 19.1 Å². The van der Waals surface area contributed by atoms with Crippen LogP contribution in [0.1, 0.15) is 135 Å². The molecular weight excluding hydrogens is 423 g/mol. The Kier molecular flexibility index (Phi) is 23.2. The molecule has 5 heteroatoms. The first kappa shape index (κ1) is 32.7. The summed E-state index contributed by atoms with van der Waals surface area (Å²) in [6.45, 7) is 2.67. The van der Waals surface area contributed by atoms with E-state index in [1.807, 2.05) is 0 Å². The van der Waals surface area contributed by atoms with Gasteiger partial charge in [0.15, 0.2) is 0 Å². The molecule has 0 radical (unpaired) electrons. The molecule has 0 aromatic heterocycles. The van der Waals surface area contributed by atoms with Crippen molar-refractivity contribution in [1.29, 1.82) is 0 Å². The molecular formula is C28H49NaO4. The third kappa shape index (κ3) is 17.7. The van der Waals surface area contributed by atoms with Crippen LogP contribution in [0.2, 0.25) is 0 Å². The van der Waals surface area contributed by atoms with E-state index < -0.39 is 17.8 Å². The maximum absolute atomic E-state index is 12.2. The molecule has 0 amide bonds. The van der Waals surface area contributed by atoms with Crippen LogP contribution in [0, 0.1) is 11.8 Å². The number of rotatable bonds is 20. The number of esters is 1. The van der Waals surface area contributed by atoms with E-state index >= 15 is 0 Å². The van der Waals surface area contributed by atoms with E-state index in [-0.39, 0.29) is 35.5 Å². The molecule has 0 aromatic carbocycles. The van der Waals surface area contributed by atoms with Gasteiger partial charge in [0.05, 0.1) is 12.5 Å². The SMILES string of the molecule is CCCCCCCCCCCCC/C=C/CCCCCOC(=O)C1CCCCC1C(=O)[O-].[Na+]. The molecule has 0 aromatic rings. The Morgan fingerprint density at radius 1 is 0.727 bits per heavy atom. The largest absolute Gasteiger partial charge is 1.00 e. The molecule has 1 saturated carbocycles. The second-order valence-corrected chi connectivity index (χ2v) is 9.63. The second-order valence-electron chi connectivity index (χ2n) is 9.63. The molecule has 186 valence electrons. The molecule has 0 saturated heterocycles. The molecule has 0 N–H and O–H groups in total. The zero-order chi connectivity index (χ0) is 23.3. The summed E-state index contributed by atoms with van der Waals surface area (Å²) >= 11 is 0. The van der Waals surface area contributed by atoms with Crippen molar-refractivity contribution in [1.82, 2.24) is 0 Å². The van der Waals surface area contributed by atoms with Gasteiger partial charge < -0.3 is 14.6 Å². The van der Waals surface area contributed by atoms with Gasteiger partial charge in [-0.25, -0.2) is 0 Å². The first-order valence-corrected chi connectivity index (χ1v) is 13.7. The van der Waals surface area contributed by atoms with E-state index in [1.54, 1.807) is 0 Å². The zero-order valence-corrected chi connectivity index (χ0v) is 23.8. The summed E-state index contributed by atoms with van der Waals surface area (Å²) in [7, 11) is 0. The average Bonchev–Trinajstić information content (AvgIpc) is 2.80.